The van der Waals surface area contributed by atoms with Crippen LogP contribution in [0.25, 0.3) is 0 Å². The Morgan fingerprint density at radius 3 is 2.38 bits per heavy atom. The second kappa shape index (κ2) is 6.75. The number of hydrogen-bond donors (Lipinski definition) is 4. The van der Waals surface area contributed by atoms with Crippen LogP contribution >= 0.6 is 0 Å². The largest absolute Gasteiger partial charge is 0.372 e. The summed E-state index contributed by atoms with van der Waals surface area (Å²) in [5.74, 6) is 14.5. The molecule has 7 nitrogen and oxygen atoms in total. The molecule has 0 radical (unpaired) electrons. The summed E-state index contributed by atoms with van der Waals surface area (Å²) in [6.07, 6.45) is 2.05. The van der Waals surface area contributed by atoms with Crippen molar-refractivity contribution in [1.82, 2.24) is 5.12 Å². The Labute approximate surface area is 76.9 Å². The van der Waals surface area contributed by atoms with Crippen molar-refractivity contribution in [1.29, 1.82) is 0 Å². The number of nitrogens with zero attached hydrogens (tertiary/aromatic N) is 1. The van der Waals surface area contributed by atoms with Gasteiger partial charge in [-0.2, -0.15) is 11.0 Å². The summed E-state index contributed by atoms with van der Waals surface area (Å²) in [6.45, 7) is 0.569. The molecule has 0 heterocycles. The van der Waals surface area contributed by atoms with Crippen molar-refractivity contribution in [2.24, 2.45) is 23.3 Å². The highest BCUT2D eigenvalue weighted by Gasteiger charge is 2.22. The van der Waals surface area contributed by atoms with Crippen LogP contribution in [0.3, 0.4) is 0 Å². The fourth-order valence-corrected chi connectivity index (χ4v) is 0.949. The van der Waals surface area contributed by atoms with Crippen LogP contribution in [0.5, 0.6) is 0 Å². The lowest BCUT2D eigenvalue weighted by Crippen LogP contribution is -2.51. The third-order valence-electron chi connectivity index (χ3n) is 1.68. The molecule has 0 fully saturated rings. The van der Waals surface area contributed by atoms with Crippen LogP contribution in [0.4, 0.5) is 0 Å². The van der Waals surface area contributed by atoms with Gasteiger partial charge < -0.3 is 10.6 Å². The molecule has 78 valence electrons. The van der Waals surface area contributed by atoms with Crippen LogP contribution in [-0.4, -0.2) is 23.7 Å². The van der Waals surface area contributed by atoms with Crippen LogP contribution in [0, 0.1) is 0 Å². The van der Waals surface area contributed by atoms with E-state index in [1.54, 1.807) is 0 Å². The highest BCUT2D eigenvalue weighted by atomic mass is 16.7. The molecule has 0 aliphatic carbocycles. The minimum atomic E-state index is -0.698. The maximum absolute atomic E-state index is 11.0. The maximum atomic E-state index is 11.0. The Bertz CT molecular complexity index is 152. The molecule has 0 aliphatic rings. The molecule has 0 bridgehead atoms. The Kier molecular flexibility index (Phi) is 6.37. The van der Waals surface area contributed by atoms with Crippen LogP contribution in [0.2, 0.25) is 0 Å². The number of hydrazine groups is 2. The van der Waals surface area contributed by atoms with Crippen molar-refractivity contribution >= 4 is 5.97 Å². The van der Waals surface area contributed by atoms with Gasteiger partial charge in [0.25, 0.3) is 0 Å². The van der Waals surface area contributed by atoms with Gasteiger partial charge in [0.15, 0.2) is 0 Å². The molecule has 0 aromatic carbocycles. The molecule has 1 atom stereocenters. The smallest absolute Gasteiger partial charge is 0.344 e. The van der Waals surface area contributed by atoms with Crippen LogP contribution < -0.4 is 23.3 Å². The quantitative estimate of drug-likeness (QED) is 0.216. The van der Waals surface area contributed by atoms with Crippen molar-refractivity contribution in [3.63, 3.8) is 0 Å². The van der Waals surface area contributed by atoms with Crippen LogP contribution in [-0.2, 0) is 9.63 Å². The number of hydrogen-bond acceptors (Lipinski definition) is 7. The second-order valence-corrected chi connectivity index (χ2v) is 2.68. The number of carbonyl (C=O) groups is 1. The molecule has 0 aliphatic heterocycles. The molecule has 0 rings (SSSR count). The summed E-state index contributed by atoms with van der Waals surface area (Å²) in [6, 6.07) is -0.698. The summed E-state index contributed by atoms with van der Waals surface area (Å²) in [5.41, 5.74) is 5.28. The average Bonchev–Trinajstić information content (AvgIpc) is 2.11. The highest BCUT2D eigenvalue weighted by Crippen LogP contribution is 2.04. The molecule has 13 heavy (non-hydrogen) atoms. The molecular weight excluding hydrogens is 174 g/mol. The molecule has 8 N–H and O–H groups in total. The highest BCUT2D eigenvalue weighted by molar-refractivity contribution is 5.75. The Morgan fingerprint density at radius 2 is 2.00 bits per heavy atom. The van der Waals surface area contributed by atoms with Gasteiger partial charge in [0.2, 0.25) is 0 Å². The topological polar surface area (TPSA) is 134 Å². The summed E-state index contributed by atoms with van der Waals surface area (Å²) in [7, 11) is 0. The third kappa shape index (κ3) is 4.76. The molecule has 0 spiro atoms. The maximum Gasteiger partial charge on any atom is 0.344 e. The van der Waals surface area contributed by atoms with Gasteiger partial charge in [0.1, 0.15) is 6.04 Å². The van der Waals surface area contributed by atoms with Crippen molar-refractivity contribution in [3.05, 3.63) is 0 Å². The SMILES string of the molecule is NCCCC[C@@H](C(=O)ON)N(N)N. The summed E-state index contributed by atoms with van der Waals surface area (Å²) < 4.78 is 0. The summed E-state index contributed by atoms with van der Waals surface area (Å²) >= 11 is 0. The minimum Gasteiger partial charge on any atom is -0.372 e. The van der Waals surface area contributed by atoms with Crippen molar-refractivity contribution in [2.75, 3.05) is 6.54 Å². The number of unbranched alkanes of at least 4 members (excludes halogenated alkanes) is 1. The zero-order chi connectivity index (χ0) is 10.3. The number of carbonyl (C=O) groups excluding carboxylic acids is 1. The third-order valence-corrected chi connectivity index (χ3v) is 1.68. The Morgan fingerprint density at radius 1 is 1.38 bits per heavy atom. The van der Waals surface area contributed by atoms with Crippen LogP contribution in [0.15, 0.2) is 0 Å². The molecule has 0 saturated carbocycles. The molecule has 0 aromatic heterocycles. The first-order valence-corrected chi connectivity index (χ1v) is 4.02. The fourth-order valence-electron chi connectivity index (χ4n) is 0.949. The zero-order valence-corrected chi connectivity index (χ0v) is 7.48. The predicted molar refractivity (Wildman–Crippen MR) is 47.2 cm³/mol. The van der Waals surface area contributed by atoms with E-state index in [2.05, 4.69) is 4.84 Å². The second-order valence-electron chi connectivity index (χ2n) is 2.68. The summed E-state index contributed by atoms with van der Waals surface area (Å²) in [4.78, 5) is 15.0. The van der Waals surface area contributed by atoms with E-state index >= 15 is 0 Å². The normalized spacial score (nSPS) is 13.0. The fraction of sp³-hybridized carbons (Fsp3) is 0.833. The number of nitrogens with two attached hydrogens (primary N) is 4. The lowest BCUT2D eigenvalue weighted by molar-refractivity contribution is -0.151. The van der Waals surface area contributed by atoms with Crippen LogP contribution in [0.1, 0.15) is 19.3 Å². The summed E-state index contributed by atoms with van der Waals surface area (Å²) in [5, 5.41) is 0.797. The molecule has 0 aromatic rings. The molecule has 7 heteroatoms. The van der Waals surface area contributed by atoms with E-state index < -0.39 is 12.0 Å². The van der Waals surface area contributed by atoms with Gasteiger partial charge in [-0.05, 0) is 25.8 Å². The van der Waals surface area contributed by atoms with Gasteiger partial charge >= 0.3 is 5.97 Å². The van der Waals surface area contributed by atoms with E-state index in [9.17, 15) is 4.79 Å². The zero-order valence-electron chi connectivity index (χ0n) is 7.48. The van der Waals surface area contributed by atoms with E-state index in [0.717, 1.165) is 18.0 Å². The minimum absolute atomic E-state index is 0.486. The van der Waals surface area contributed by atoms with Crippen molar-refractivity contribution in [3.8, 4) is 0 Å². The predicted octanol–water partition coefficient (Wildman–Crippen LogP) is -2.05. The standard InChI is InChI=1S/C6H17N5O2/c7-4-2-1-3-5(11(8)9)6(12)13-10/h5H,1-4,7-10H2/t5-/m0/s1. The van der Waals surface area contributed by atoms with Gasteiger partial charge in [-0.3, -0.25) is 11.7 Å². The van der Waals surface area contributed by atoms with Crippen molar-refractivity contribution in [2.45, 2.75) is 25.3 Å². The molecule has 0 saturated heterocycles. The first kappa shape index (κ1) is 12.3. The number of rotatable bonds is 6. The van der Waals surface area contributed by atoms with Gasteiger partial charge in [-0.15, -0.1) is 0 Å². The van der Waals surface area contributed by atoms with E-state index in [1.165, 1.54) is 0 Å². The van der Waals surface area contributed by atoms with Gasteiger partial charge in [0.05, 0.1) is 0 Å². The van der Waals surface area contributed by atoms with E-state index in [4.69, 9.17) is 23.3 Å². The van der Waals surface area contributed by atoms with E-state index in [0.29, 0.717) is 13.0 Å². The molecular formula is C6H17N5O2. The van der Waals surface area contributed by atoms with Gasteiger partial charge in [0, 0.05) is 0 Å². The van der Waals surface area contributed by atoms with Crippen molar-refractivity contribution < 1.29 is 9.63 Å². The van der Waals surface area contributed by atoms with E-state index in [-0.39, 0.29) is 0 Å². The Hall–Kier alpha value is -0.730. The lowest BCUT2D eigenvalue weighted by Gasteiger charge is -2.19. The Balaban J connectivity index is 3.88. The van der Waals surface area contributed by atoms with Gasteiger partial charge in [-0.1, -0.05) is 0 Å². The lowest BCUT2D eigenvalue weighted by atomic mass is 10.1. The average molecular weight is 191 g/mol. The monoisotopic (exact) mass is 191 g/mol. The molecule has 0 amide bonds. The van der Waals surface area contributed by atoms with E-state index in [1.807, 2.05) is 0 Å². The van der Waals surface area contributed by atoms with Gasteiger partial charge in [-0.25, -0.2) is 4.79 Å². The molecule has 0 unspecified atom stereocenters. The first-order chi connectivity index (χ1) is 6.13. The first-order valence-electron chi connectivity index (χ1n) is 4.02.